The van der Waals surface area contributed by atoms with E-state index < -0.39 is 17.6 Å². The fraction of sp³-hybridized carbons (Fsp3) is 0.0952. The van der Waals surface area contributed by atoms with Crippen molar-refractivity contribution in [2.45, 2.75) is 6.54 Å². The second-order valence-corrected chi connectivity index (χ2v) is 6.23. The number of pyridine rings is 1. The van der Waals surface area contributed by atoms with Crippen LogP contribution in [0.5, 0.6) is 11.5 Å². The Hall–Kier alpha value is -3.94. The van der Waals surface area contributed by atoms with Crippen molar-refractivity contribution in [1.82, 2.24) is 10.3 Å². The van der Waals surface area contributed by atoms with Gasteiger partial charge in [0.25, 0.3) is 11.8 Å². The summed E-state index contributed by atoms with van der Waals surface area (Å²) in [6.45, 7) is 0.156. The number of hydrogen-bond donors (Lipinski definition) is 2. The molecule has 146 valence electrons. The molecule has 2 amide bonds. The maximum Gasteiger partial charge on any atom is 0.270 e. The van der Waals surface area contributed by atoms with Crippen molar-refractivity contribution in [1.29, 1.82) is 0 Å². The molecule has 0 unspecified atom stereocenters. The normalized spacial score (nSPS) is 11.8. The molecule has 2 N–H and O–H groups in total. The molecule has 0 fully saturated rings. The number of ether oxygens (including phenoxy) is 2. The van der Waals surface area contributed by atoms with E-state index in [1.807, 2.05) is 0 Å². The minimum Gasteiger partial charge on any atom is -0.454 e. The van der Waals surface area contributed by atoms with Gasteiger partial charge in [0, 0.05) is 35.6 Å². The van der Waals surface area contributed by atoms with Crippen LogP contribution in [-0.4, -0.2) is 23.6 Å². The van der Waals surface area contributed by atoms with E-state index in [0.29, 0.717) is 22.7 Å². The van der Waals surface area contributed by atoms with Crippen molar-refractivity contribution in [3.8, 4) is 11.5 Å². The molecule has 0 atom stereocenters. The van der Waals surface area contributed by atoms with Crippen molar-refractivity contribution in [3.05, 3.63) is 83.4 Å². The third-order valence-electron chi connectivity index (χ3n) is 4.28. The molecular weight excluding hydrogens is 377 g/mol. The van der Waals surface area contributed by atoms with Crippen molar-refractivity contribution in [2.75, 3.05) is 12.1 Å². The first-order chi connectivity index (χ1) is 14.1. The molecule has 29 heavy (non-hydrogen) atoms. The lowest BCUT2D eigenvalue weighted by Gasteiger charge is -2.08. The summed E-state index contributed by atoms with van der Waals surface area (Å²) in [6.07, 6.45) is 1.37. The summed E-state index contributed by atoms with van der Waals surface area (Å²) in [5, 5.41) is 5.33. The molecule has 0 radical (unpaired) electrons. The maximum absolute atomic E-state index is 13.7. The first-order valence-electron chi connectivity index (χ1n) is 8.79. The minimum absolute atomic E-state index is 0.0147. The zero-order chi connectivity index (χ0) is 20.2. The Balaban J connectivity index is 1.43. The summed E-state index contributed by atoms with van der Waals surface area (Å²) < 4.78 is 24.2. The Bertz CT molecular complexity index is 1090. The van der Waals surface area contributed by atoms with Crippen molar-refractivity contribution >= 4 is 17.5 Å². The van der Waals surface area contributed by atoms with Crippen LogP contribution in [0.15, 0.2) is 60.8 Å². The Morgan fingerprint density at radius 3 is 2.69 bits per heavy atom. The van der Waals surface area contributed by atoms with Crippen LogP contribution in [0.2, 0.25) is 0 Å². The van der Waals surface area contributed by atoms with Crippen LogP contribution in [-0.2, 0) is 6.54 Å². The number of nitrogens with zero attached hydrogens (tertiary/aromatic N) is 1. The van der Waals surface area contributed by atoms with Crippen LogP contribution in [0.3, 0.4) is 0 Å². The lowest BCUT2D eigenvalue weighted by atomic mass is 10.2. The summed E-state index contributed by atoms with van der Waals surface area (Å²) in [7, 11) is 0. The molecule has 0 saturated carbocycles. The van der Waals surface area contributed by atoms with Crippen LogP contribution in [0.25, 0.3) is 0 Å². The van der Waals surface area contributed by atoms with Gasteiger partial charge in [-0.3, -0.25) is 14.6 Å². The lowest BCUT2D eigenvalue weighted by Crippen LogP contribution is -2.25. The number of anilines is 1. The quantitative estimate of drug-likeness (QED) is 0.695. The molecule has 0 saturated heterocycles. The molecule has 1 aliphatic rings. The smallest absolute Gasteiger partial charge is 0.270 e. The zero-order valence-electron chi connectivity index (χ0n) is 15.1. The fourth-order valence-corrected chi connectivity index (χ4v) is 2.78. The highest BCUT2D eigenvalue weighted by atomic mass is 19.1. The van der Waals surface area contributed by atoms with Crippen LogP contribution in [0.1, 0.15) is 26.4 Å². The van der Waals surface area contributed by atoms with Gasteiger partial charge < -0.3 is 20.1 Å². The van der Waals surface area contributed by atoms with Crippen LogP contribution in [0.4, 0.5) is 10.1 Å². The zero-order valence-corrected chi connectivity index (χ0v) is 15.1. The summed E-state index contributed by atoms with van der Waals surface area (Å²) >= 11 is 0. The molecule has 4 rings (SSSR count). The van der Waals surface area contributed by atoms with Gasteiger partial charge in [0.05, 0.1) is 0 Å². The van der Waals surface area contributed by atoms with E-state index in [1.54, 1.807) is 36.4 Å². The Morgan fingerprint density at radius 1 is 1.00 bits per heavy atom. The maximum atomic E-state index is 13.7. The third kappa shape index (κ3) is 4.16. The molecule has 2 aromatic carbocycles. The first kappa shape index (κ1) is 18.4. The molecule has 0 bridgehead atoms. The number of carbonyl (C=O) groups excluding carboxylic acids is 2. The second-order valence-electron chi connectivity index (χ2n) is 6.23. The van der Waals surface area contributed by atoms with Crippen molar-refractivity contribution < 1.29 is 23.5 Å². The summed E-state index contributed by atoms with van der Waals surface area (Å²) in [6, 6.07) is 14.1. The number of benzene rings is 2. The molecule has 0 spiro atoms. The summed E-state index contributed by atoms with van der Waals surface area (Å²) in [5.74, 6) is -0.163. The summed E-state index contributed by atoms with van der Waals surface area (Å²) in [5.41, 5.74) is 1.20. The third-order valence-corrected chi connectivity index (χ3v) is 4.28. The van der Waals surface area contributed by atoms with Crippen molar-refractivity contribution in [2.24, 2.45) is 0 Å². The monoisotopic (exact) mass is 393 g/mol. The van der Waals surface area contributed by atoms with Gasteiger partial charge in [0.15, 0.2) is 11.5 Å². The molecule has 1 aliphatic heterocycles. The number of nitrogens with one attached hydrogen (secondary N) is 2. The molecule has 8 heteroatoms. The number of hydrogen-bond acceptors (Lipinski definition) is 5. The van der Waals surface area contributed by atoms with Crippen LogP contribution < -0.4 is 20.1 Å². The van der Waals surface area contributed by atoms with E-state index in [4.69, 9.17) is 9.47 Å². The first-order valence-corrected chi connectivity index (χ1v) is 8.79. The van der Waals surface area contributed by atoms with E-state index in [1.165, 1.54) is 24.4 Å². The van der Waals surface area contributed by atoms with E-state index in [0.717, 1.165) is 0 Å². The van der Waals surface area contributed by atoms with Crippen LogP contribution in [0, 0.1) is 5.82 Å². The molecule has 3 aromatic rings. The predicted molar refractivity (Wildman–Crippen MR) is 102 cm³/mol. The molecule has 0 aliphatic carbocycles. The lowest BCUT2D eigenvalue weighted by molar-refractivity contribution is 0.0945. The molecular formula is C21H16FN3O4. The van der Waals surface area contributed by atoms with Gasteiger partial charge in [-0.1, -0.05) is 18.2 Å². The van der Waals surface area contributed by atoms with E-state index in [-0.39, 0.29) is 24.6 Å². The number of halogens is 1. The van der Waals surface area contributed by atoms with Crippen molar-refractivity contribution in [3.63, 3.8) is 0 Å². The number of carbonyl (C=O) groups is 2. The predicted octanol–water partition coefficient (Wildman–Crippen LogP) is 3.13. The molecule has 2 heterocycles. The highest BCUT2D eigenvalue weighted by Crippen LogP contribution is 2.34. The van der Waals surface area contributed by atoms with Gasteiger partial charge in [0.1, 0.15) is 11.5 Å². The highest BCUT2D eigenvalue weighted by Gasteiger charge is 2.16. The van der Waals surface area contributed by atoms with Gasteiger partial charge in [-0.2, -0.15) is 0 Å². The van der Waals surface area contributed by atoms with Gasteiger partial charge in [-0.15, -0.1) is 0 Å². The topological polar surface area (TPSA) is 89.6 Å². The van der Waals surface area contributed by atoms with E-state index in [9.17, 15) is 14.0 Å². The minimum atomic E-state index is -0.508. The average molecular weight is 393 g/mol. The Morgan fingerprint density at radius 2 is 1.83 bits per heavy atom. The molecule has 7 nitrogen and oxygen atoms in total. The summed E-state index contributed by atoms with van der Waals surface area (Å²) in [4.78, 5) is 28.8. The van der Waals surface area contributed by atoms with E-state index in [2.05, 4.69) is 15.6 Å². The van der Waals surface area contributed by atoms with Gasteiger partial charge in [-0.05, 0) is 30.3 Å². The number of amides is 2. The van der Waals surface area contributed by atoms with Gasteiger partial charge >= 0.3 is 0 Å². The van der Waals surface area contributed by atoms with E-state index >= 15 is 0 Å². The Labute approximate surface area is 165 Å². The van der Waals surface area contributed by atoms with Crippen LogP contribution >= 0.6 is 0 Å². The van der Waals surface area contributed by atoms with Gasteiger partial charge in [-0.25, -0.2) is 4.39 Å². The average Bonchev–Trinajstić information content (AvgIpc) is 3.21. The second kappa shape index (κ2) is 7.97. The largest absolute Gasteiger partial charge is 0.454 e. The fourth-order valence-electron chi connectivity index (χ4n) is 2.78. The molecule has 1 aromatic heterocycles. The van der Waals surface area contributed by atoms with Gasteiger partial charge in [0.2, 0.25) is 6.79 Å². The number of aromatic nitrogens is 1. The standard InChI is InChI=1S/C21H16FN3O4/c22-16-4-2-1-3-14(16)11-24-21(27)17-9-13(7-8-23-17)20(26)25-15-5-6-18-19(10-15)29-12-28-18/h1-10H,11-12H2,(H,24,27)(H,25,26). The Kier molecular flexibility index (Phi) is 5.07. The SMILES string of the molecule is O=C(Nc1ccc2c(c1)OCO2)c1ccnc(C(=O)NCc2ccccc2F)c1. The highest BCUT2D eigenvalue weighted by molar-refractivity contribution is 6.05. The number of rotatable bonds is 5. The number of fused-ring (bicyclic) bond motifs is 1.